The first-order valence-electron chi connectivity index (χ1n) is 8.70. The van der Waals surface area contributed by atoms with E-state index in [-0.39, 0.29) is 11.9 Å². The van der Waals surface area contributed by atoms with E-state index in [1.165, 1.54) is 0 Å². The van der Waals surface area contributed by atoms with Gasteiger partial charge in [0.15, 0.2) is 0 Å². The molecule has 3 rings (SSSR count). The normalized spacial score (nSPS) is 19.6. The van der Waals surface area contributed by atoms with Crippen LogP contribution < -0.4 is 4.74 Å². The molecule has 2 aromatic rings. The molecular weight excluding hydrogens is 318 g/mol. The van der Waals surface area contributed by atoms with E-state index >= 15 is 0 Å². The predicted octanol–water partition coefficient (Wildman–Crippen LogP) is 3.12. The highest BCUT2D eigenvalue weighted by Gasteiger charge is 2.42. The molecule has 1 aromatic carbocycles. The fourth-order valence-corrected chi connectivity index (χ4v) is 3.60. The lowest BCUT2D eigenvalue weighted by atomic mass is 9.86. The van der Waals surface area contributed by atoms with Crippen LogP contribution in [0.1, 0.15) is 37.3 Å². The van der Waals surface area contributed by atoms with E-state index in [9.17, 15) is 9.90 Å². The second kappa shape index (κ2) is 7.31. The summed E-state index contributed by atoms with van der Waals surface area (Å²) in [6, 6.07) is 9.07. The van der Waals surface area contributed by atoms with E-state index < -0.39 is 5.60 Å². The van der Waals surface area contributed by atoms with Crippen molar-refractivity contribution in [3.8, 4) is 5.75 Å². The Kier molecular flexibility index (Phi) is 5.13. The molecule has 1 fully saturated rings. The number of ether oxygens (including phenoxy) is 1. The van der Waals surface area contributed by atoms with Crippen LogP contribution in [0.15, 0.2) is 47.3 Å². The summed E-state index contributed by atoms with van der Waals surface area (Å²) in [7, 11) is 1.62. The molecule has 1 aliphatic rings. The van der Waals surface area contributed by atoms with Gasteiger partial charge in [-0.05, 0) is 55.5 Å². The number of hydrogen-bond donors (Lipinski definition) is 1. The summed E-state index contributed by atoms with van der Waals surface area (Å²) in [5.74, 6) is 0.830. The minimum atomic E-state index is -1.09. The summed E-state index contributed by atoms with van der Waals surface area (Å²) in [4.78, 5) is 14.5. The zero-order valence-corrected chi connectivity index (χ0v) is 14.8. The van der Waals surface area contributed by atoms with Crippen LogP contribution in [0.5, 0.6) is 5.75 Å². The number of likely N-dealkylation sites (tertiary alicyclic amines) is 1. The summed E-state index contributed by atoms with van der Waals surface area (Å²) >= 11 is 0. The van der Waals surface area contributed by atoms with Crippen molar-refractivity contribution >= 4 is 5.91 Å². The van der Waals surface area contributed by atoms with Gasteiger partial charge in [-0.2, -0.15) is 0 Å². The quantitative estimate of drug-likeness (QED) is 0.875. The van der Waals surface area contributed by atoms with Crippen molar-refractivity contribution in [2.75, 3.05) is 13.7 Å². The maximum Gasteiger partial charge on any atom is 0.223 e. The van der Waals surface area contributed by atoms with E-state index in [2.05, 4.69) is 0 Å². The molecule has 1 aliphatic heterocycles. The third-order valence-electron chi connectivity index (χ3n) is 5.10. The smallest absolute Gasteiger partial charge is 0.223 e. The first-order chi connectivity index (χ1) is 12.0. The van der Waals surface area contributed by atoms with Gasteiger partial charge in [0, 0.05) is 13.0 Å². The van der Waals surface area contributed by atoms with Gasteiger partial charge in [-0.3, -0.25) is 4.79 Å². The SMILES string of the molecule is COc1ccc([C@](C)(O)[C@H]2CCCN2C(=O)CCc2ccoc2)cc1. The number of hydrogen-bond acceptors (Lipinski definition) is 4. The molecule has 2 atom stereocenters. The summed E-state index contributed by atoms with van der Waals surface area (Å²) in [5, 5.41) is 11.2. The minimum Gasteiger partial charge on any atom is -0.497 e. The summed E-state index contributed by atoms with van der Waals surface area (Å²) in [6.45, 7) is 2.49. The first-order valence-corrected chi connectivity index (χ1v) is 8.70. The van der Waals surface area contributed by atoms with E-state index in [0.29, 0.717) is 19.4 Å². The molecule has 134 valence electrons. The van der Waals surface area contributed by atoms with Crippen LogP contribution in [0, 0.1) is 0 Å². The largest absolute Gasteiger partial charge is 0.497 e. The molecule has 1 saturated heterocycles. The highest BCUT2D eigenvalue weighted by molar-refractivity contribution is 5.77. The van der Waals surface area contributed by atoms with Crippen molar-refractivity contribution < 1.29 is 19.1 Å². The summed E-state index contributed by atoms with van der Waals surface area (Å²) in [6.07, 6.45) is 6.08. The lowest BCUT2D eigenvalue weighted by molar-refractivity contribution is -0.137. The number of aliphatic hydroxyl groups is 1. The van der Waals surface area contributed by atoms with Crippen LogP contribution in [0.2, 0.25) is 0 Å². The molecule has 2 heterocycles. The van der Waals surface area contributed by atoms with E-state index in [0.717, 1.165) is 29.7 Å². The fraction of sp³-hybridized carbons (Fsp3) is 0.450. The van der Waals surface area contributed by atoms with Gasteiger partial charge < -0.3 is 19.2 Å². The highest BCUT2D eigenvalue weighted by atomic mass is 16.5. The Morgan fingerprint density at radius 3 is 2.76 bits per heavy atom. The topological polar surface area (TPSA) is 62.9 Å². The Labute approximate surface area is 148 Å². The molecule has 0 aliphatic carbocycles. The number of aryl methyl sites for hydroxylation is 1. The van der Waals surface area contributed by atoms with Crippen LogP contribution in [0.4, 0.5) is 0 Å². The highest BCUT2D eigenvalue weighted by Crippen LogP contribution is 2.35. The standard InChI is InChI=1S/C20H25NO4/c1-20(23,16-6-8-17(24-2)9-7-16)18-4-3-12-21(18)19(22)10-5-15-11-13-25-14-15/h6-9,11,13-14,18,23H,3-5,10,12H2,1-2H3/t18-,20+/m1/s1. The van der Waals surface area contributed by atoms with Gasteiger partial charge >= 0.3 is 0 Å². The van der Waals surface area contributed by atoms with Gasteiger partial charge in [-0.1, -0.05) is 12.1 Å². The van der Waals surface area contributed by atoms with Crippen molar-refractivity contribution in [1.82, 2.24) is 4.90 Å². The molecule has 25 heavy (non-hydrogen) atoms. The number of benzene rings is 1. The van der Waals surface area contributed by atoms with Gasteiger partial charge in [0.2, 0.25) is 5.91 Å². The molecule has 5 heteroatoms. The van der Waals surface area contributed by atoms with Gasteiger partial charge in [0.25, 0.3) is 0 Å². The van der Waals surface area contributed by atoms with Gasteiger partial charge in [-0.25, -0.2) is 0 Å². The number of carbonyl (C=O) groups excluding carboxylic acids is 1. The molecule has 0 unspecified atom stereocenters. The number of carbonyl (C=O) groups is 1. The van der Waals surface area contributed by atoms with Crippen LogP contribution in [0.3, 0.4) is 0 Å². The molecule has 5 nitrogen and oxygen atoms in total. The van der Waals surface area contributed by atoms with Crippen LogP contribution >= 0.6 is 0 Å². The Balaban J connectivity index is 1.71. The van der Waals surface area contributed by atoms with Gasteiger partial charge in [0.1, 0.15) is 11.4 Å². The van der Waals surface area contributed by atoms with Crippen LogP contribution in [-0.4, -0.2) is 35.6 Å². The lowest BCUT2D eigenvalue weighted by Crippen LogP contribution is -2.48. The number of furan rings is 1. The van der Waals surface area contributed by atoms with Crippen molar-refractivity contribution in [2.45, 2.75) is 44.2 Å². The Morgan fingerprint density at radius 2 is 2.12 bits per heavy atom. The summed E-state index contributed by atoms with van der Waals surface area (Å²) in [5.41, 5.74) is 0.729. The van der Waals surface area contributed by atoms with Crippen LogP contribution in [0.25, 0.3) is 0 Å². The molecular formula is C20H25NO4. The van der Waals surface area contributed by atoms with Gasteiger partial charge in [0.05, 0.1) is 25.7 Å². The predicted molar refractivity (Wildman–Crippen MR) is 94.3 cm³/mol. The second-order valence-corrected chi connectivity index (χ2v) is 6.75. The zero-order chi connectivity index (χ0) is 17.9. The molecule has 1 amide bonds. The zero-order valence-electron chi connectivity index (χ0n) is 14.8. The third-order valence-corrected chi connectivity index (χ3v) is 5.10. The maximum atomic E-state index is 12.7. The Hall–Kier alpha value is -2.27. The van der Waals surface area contributed by atoms with Crippen molar-refractivity contribution in [1.29, 1.82) is 0 Å². The van der Waals surface area contributed by atoms with Gasteiger partial charge in [-0.15, -0.1) is 0 Å². The molecule has 0 saturated carbocycles. The molecule has 1 aromatic heterocycles. The minimum absolute atomic E-state index is 0.0810. The number of rotatable bonds is 6. The monoisotopic (exact) mass is 343 g/mol. The molecule has 0 spiro atoms. The first kappa shape index (κ1) is 17.5. The Bertz CT molecular complexity index is 691. The molecule has 0 bridgehead atoms. The molecule has 0 radical (unpaired) electrons. The summed E-state index contributed by atoms with van der Waals surface area (Å²) < 4.78 is 10.2. The Morgan fingerprint density at radius 1 is 1.36 bits per heavy atom. The van der Waals surface area contributed by atoms with E-state index in [4.69, 9.17) is 9.15 Å². The van der Waals surface area contributed by atoms with E-state index in [1.807, 2.05) is 35.2 Å². The van der Waals surface area contributed by atoms with Crippen molar-refractivity contribution in [3.05, 3.63) is 54.0 Å². The second-order valence-electron chi connectivity index (χ2n) is 6.75. The average Bonchev–Trinajstić information content (AvgIpc) is 3.31. The van der Waals surface area contributed by atoms with Crippen molar-refractivity contribution in [3.63, 3.8) is 0 Å². The fourth-order valence-electron chi connectivity index (χ4n) is 3.60. The average molecular weight is 343 g/mol. The number of amides is 1. The number of nitrogens with zero attached hydrogens (tertiary/aromatic N) is 1. The van der Waals surface area contributed by atoms with Crippen LogP contribution in [-0.2, 0) is 16.8 Å². The van der Waals surface area contributed by atoms with E-state index in [1.54, 1.807) is 26.6 Å². The third kappa shape index (κ3) is 3.71. The molecule has 1 N–H and O–H groups in total. The van der Waals surface area contributed by atoms with Crippen molar-refractivity contribution in [2.24, 2.45) is 0 Å². The maximum absolute atomic E-state index is 12.7. The lowest BCUT2D eigenvalue weighted by Gasteiger charge is -2.37. The number of methoxy groups -OCH3 is 1.